The van der Waals surface area contributed by atoms with Gasteiger partial charge in [-0.3, -0.25) is 4.90 Å². The van der Waals surface area contributed by atoms with E-state index in [1.165, 1.54) is 25.5 Å². The minimum Gasteiger partial charge on any atom is -0.301 e. The maximum atomic E-state index is 10.9. The van der Waals surface area contributed by atoms with Crippen molar-refractivity contribution in [3.8, 4) is 0 Å². The number of rotatable bonds is 1. The molecule has 2 nitrogen and oxygen atoms in total. The van der Waals surface area contributed by atoms with E-state index in [-0.39, 0.29) is 5.54 Å². The summed E-state index contributed by atoms with van der Waals surface area (Å²) in [5, 5.41) is 0. The Kier molecular flexibility index (Phi) is 1.53. The number of hydrogen-bond acceptors (Lipinski definition) is 2. The Morgan fingerprint density at radius 2 is 2.27 bits per heavy atom. The van der Waals surface area contributed by atoms with Crippen LogP contribution < -0.4 is 0 Å². The fourth-order valence-corrected chi connectivity index (χ4v) is 2.63. The summed E-state index contributed by atoms with van der Waals surface area (Å²) in [5.41, 5.74) is -0.0527. The van der Waals surface area contributed by atoms with Crippen molar-refractivity contribution in [3.63, 3.8) is 0 Å². The van der Waals surface area contributed by atoms with Gasteiger partial charge in [-0.1, -0.05) is 0 Å². The van der Waals surface area contributed by atoms with Gasteiger partial charge in [-0.2, -0.15) is 0 Å². The summed E-state index contributed by atoms with van der Waals surface area (Å²) in [6.45, 7) is 0. The Bertz CT molecular complexity index is 176. The maximum absolute atomic E-state index is 10.9. The fraction of sp³-hybridized carbons (Fsp3) is 0.889. The van der Waals surface area contributed by atoms with E-state index >= 15 is 0 Å². The summed E-state index contributed by atoms with van der Waals surface area (Å²) in [6.07, 6.45) is 7.13. The third-order valence-electron chi connectivity index (χ3n) is 3.53. The van der Waals surface area contributed by atoms with Gasteiger partial charge in [0.15, 0.2) is 0 Å². The van der Waals surface area contributed by atoms with Crippen LogP contribution in [0.1, 0.15) is 32.1 Å². The molecule has 0 aliphatic carbocycles. The van der Waals surface area contributed by atoms with Gasteiger partial charge < -0.3 is 4.79 Å². The Morgan fingerprint density at radius 1 is 1.45 bits per heavy atom. The topological polar surface area (TPSA) is 20.3 Å². The van der Waals surface area contributed by atoms with Crippen LogP contribution in [0.3, 0.4) is 0 Å². The van der Waals surface area contributed by atoms with Gasteiger partial charge in [-0.15, -0.1) is 0 Å². The van der Waals surface area contributed by atoms with Crippen molar-refractivity contribution < 1.29 is 4.79 Å². The molecular weight excluding hydrogens is 138 g/mol. The van der Waals surface area contributed by atoms with Crippen LogP contribution in [0.4, 0.5) is 0 Å². The minimum absolute atomic E-state index is 0.0527. The largest absolute Gasteiger partial charge is 0.301 e. The number of nitrogens with zero attached hydrogens (tertiary/aromatic N) is 1. The summed E-state index contributed by atoms with van der Waals surface area (Å²) >= 11 is 0. The first kappa shape index (κ1) is 7.29. The number of carbonyl (C=O) groups excluding carboxylic acids is 1. The quantitative estimate of drug-likeness (QED) is 0.528. The summed E-state index contributed by atoms with van der Waals surface area (Å²) in [6, 6.07) is 0.703. The molecular formula is C9H15NO. The molecule has 2 atom stereocenters. The molecule has 0 unspecified atom stereocenters. The van der Waals surface area contributed by atoms with E-state index in [4.69, 9.17) is 0 Å². The highest BCUT2D eigenvalue weighted by Gasteiger charge is 2.46. The zero-order chi connectivity index (χ0) is 7.90. The van der Waals surface area contributed by atoms with Gasteiger partial charge in [-0.05, 0) is 39.2 Å². The van der Waals surface area contributed by atoms with E-state index < -0.39 is 0 Å². The van der Waals surface area contributed by atoms with Gasteiger partial charge in [0.2, 0.25) is 0 Å². The van der Waals surface area contributed by atoms with E-state index in [9.17, 15) is 4.79 Å². The lowest BCUT2D eigenvalue weighted by Crippen LogP contribution is -2.48. The molecule has 0 amide bonds. The molecule has 0 radical (unpaired) electrons. The highest BCUT2D eigenvalue weighted by atomic mass is 16.1. The van der Waals surface area contributed by atoms with E-state index in [0.29, 0.717) is 6.04 Å². The molecule has 2 saturated heterocycles. The molecule has 0 aromatic rings. The second-order valence-electron chi connectivity index (χ2n) is 3.92. The highest BCUT2D eigenvalue weighted by Crippen LogP contribution is 2.41. The molecule has 2 aliphatic rings. The smallest absolute Gasteiger partial charge is 0.140 e. The van der Waals surface area contributed by atoms with Crippen LogP contribution in [-0.4, -0.2) is 29.8 Å². The normalized spacial score (nSPS) is 44.3. The first-order chi connectivity index (χ1) is 5.28. The number of aldehydes is 1. The molecule has 0 aromatic carbocycles. The van der Waals surface area contributed by atoms with Crippen LogP contribution in [-0.2, 0) is 4.79 Å². The van der Waals surface area contributed by atoms with Crippen molar-refractivity contribution in [2.45, 2.75) is 43.7 Å². The molecule has 0 aromatic heterocycles. The molecule has 0 N–H and O–H groups in total. The maximum Gasteiger partial charge on any atom is 0.140 e. The third-order valence-corrected chi connectivity index (χ3v) is 3.53. The number of likely N-dealkylation sites (N-methyl/N-ethyl adjacent to an activating group) is 1. The summed E-state index contributed by atoms with van der Waals surface area (Å²) in [5.74, 6) is 0. The van der Waals surface area contributed by atoms with E-state index in [1.807, 2.05) is 0 Å². The summed E-state index contributed by atoms with van der Waals surface area (Å²) < 4.78 is 0. The van der Waals surface area contributed by atoms with Crippen LogP contribution in [0.25, 0.3) is 0 Å². The van der Waals surface area contributed by atoms with Crippen molar-refractivity contribution in [1.82, 2.24) is 4.90 Å². The second-order valence-corrected chi connectivity index (χ2v) is 3.92. The van der Waals surface area contributed by atoms with E-state index in [1.54, 1.807) is 0 Å². The molecule has 2 aliphatic heterocycles. The van der Waals surface area contributed by atoms with E-state index in [0.717, 1.165) is 12.8 Å². The Balaban J connectivity index is 2.26. The van der Waals surface area contributed by atoms with Gasteiger partial charge in [0.25, 0.3) is 0 Å². The average molecular weight is 153 g/mol. The van der Waals surface area contributed by atoms with Crippen molar-refractivity contribution in [2.75, 3.05) is 7.05 Å². The second kappa shape index (κ2) is 2.31. The highest BCUT2D eigenvalue weighted by molar-refractivity contribution is 5.65. The van der Waals surface area contributed by atoms with Gasteiger partial charge >= 0.3 is 0 Å². The minimum atomic E-state index is -0.0527. The number of hydrogen-bond donors (Lipinski definition) is 0. The first-order valence-corrected chi connectivity index (χ1v) is 4.48. The molecule has 0 spiro atoms. The standard InChI is InChI=1S/C9H15NO/c1-10-8-3-2-5-9(10,7-11)6-4-8/h7-8H,2-6H2,1H3/t8-,9+/m1/s1. The van der Waals surface area contributed by atoms with Crippen LogP contribution in [0.5, 0.6) is 0 Å². The predicted octanol–water partition coefficient (Wildman–Crippen LogP) is 1.20. The fourth-order valence-electron chi connectivity index (χ4n) is 2.63. The molecule has 2 heteroatoms. The molecule has 62 valence electrons. The molecule has 2 heterocycles. The zero-order valence-electron chi connectivity index (χ0n) is 7.05. The molecule has 2 bridgehead atoms. The lowest BCUT2D eigenvalue weighted by molar-refractivity contribution is -0.118. The van der Waals surface area contributed by atoms with Crippen LogP contribution in [0, 0.1) is 0 Å². The van der Waals surface area contributed by atoms with Gasteiger partial charge in [0.05, 0.1) is 5.54 Å². The van der Waals surface area contributed by atoms with Crippen molar-refractivity contribution in [1.29, 1.82) is 0 Å². The van der Waals surface area contributed by atoms with E-state index in [2.05, 4.69) is 11.9 Å². The Labute approximate surface area is 67.6 Å². The van der Waals surface area contributed by atoms with Crippen molar-refractivity contribution in [3.05, 3.63) is 0 Å². The average Bonchev–Trinajstić information content (AvgIpc) is 2.25. The Hall–Kier alpha value is -0.370. The molecule has 2 rings (SSSR count). The van der Waals surface area contributed by atoms with Crippen molar-refractivity contribution in [2.24, 2.45) is 0 Å². The van der Waals surface area contributed by atoms with Gasteiger partial charge in [-0.25, -0.2) is 0 Å². The SMILES string of the molecule is CN1[C@@H]2CCC[C@@]1(C=O)CC2. The lowest BCUT2D eigenvalue weighted by atomic mass is 9.90. The molecule has 11 heavy (non-hydrogen) atoms. The Morgan fingerprint density at radius 3 is 2.91 bits per heavy atom. The number of piperidine rings is 1. The lowest BCUT2D eigenvalue weighted by Gasteiger charge is -2.38. The summed E-state index contributed by atoms with van der Waals surface area (Å²) in [7, 11) is 2.10. The predicted molar refractivity (Wildman–Crippen MR) is 43.4 cm³/mol. The first-order valence-electron chi connectivity index (χ1n) is 4.48. The van der Waals surface area contributed by atoms with Crippen LogP contribution in [0.15, 0.2) is 0 Å². The number of carbonyl (C=O) groups is 1. The zero-order valence-corrected chi connectivity index (χ0v) is 7.05. The third kappa shape index (κ3) is 0.853. The molecule has 0 saturated carbocycles. The van der Waals surface area contributed by atoms with Crippen molar-refractivity contribution >= 4 is 6.29 Å². The monoisotopic (exact) mass is 153 g/mol. The summed E-state index contributed by atoms with van der Waals surface area (Å²) in [4.78, 5) is 13.2. The van der Waals surface area contributed by atoms with Gasteiger partial charge in [0, 0.05) is 6.04 Å². The van der Waals surface area contributed by atoms with Crippen LogP contribution >= 0.6 is 0 Å². The van der Waals surface area contributed by atoms with Gasteiger partial charge in [0.1, 0.15) is 6.29 Å². The number of fused-ring (bicyclic) bond motifs is 2. The molecule has 2 fully saturated rings. The van der Waals surface area contributed by atoms with Crippen LogP contribution in [0.2, 0.25) is 0 Å².